The number of benzene rings is 2. The highest BCUT2D eigenvalue weighted by molar-refractivity contribution is 5.85. The molecule has 1 atom stereocenters. The highest BCUT2D eigenvalue weighted by Gasteiger charge is 2.18. The molecule has 0 aliphatic rings. The predicted octanol–water partition coefficient (Wildman–Crippen LogP) is 4.08. The van der Waals surface area contributed by atoms with Crippen LogP contribution < -0.4 is 5.32 Å². The van der Waals surface area contributed by atoms with E-state index in [0.717, 1.165) is 16.9 Å². The molecule has 5 rings (SSSR count). The fourth-order valence-corrected chi connectivity index (χ4v) is 3.57. The Bertz CT molecular complexity index is 1190. The molecule has 0 aliphatic heterocycles. The number of para-hydroxylation sites is 1. The monoisotopic (exact) mass is 354 g/mol. The first-order valence-electron chi connectivity index (χ1n) is 8.89. The van der Waals surface area contributed by atoms with Gasteiger partial charge in [0.1, 0.15) is 11.8 Å². The summed E-state index contributed by atoms with van der Waals surface area (Å²) in [6.45, 7) is 0.705. The van der Waals surface area contributed by atoms with Crippen molar-refractivity contribution >= 4 is 27.9 Å². The number of nitrogens with one attached hydrogen (secondary N) is 3. The van der Waals surface area contributed by atoms with Crippen molar-refractivity contribution in [3.63, 3.8) is 0 Å². The van der Waals surface area contributed by atoms with E-state index in [1.807, 2.05) is 12.1 Å². The number of imidazole rings is 1. The number of rotatable bonds is 5. The molecule has 5 aromatic rings. The maximum absolute atomic E-state index is 4.39. The zero-order chi connectivity index (χ0) is 18.1. The minimum Gasteiger partial charge on any atom is -0.367 e. The third-order valence-electron chi connectivity index (χ3n) is 4.90. The van der Waals surface area contributed by atoms with Crippen LogP contribution in [0.3, 0.4) is 0 Å². The van der Waals surface area contributed by atoms with Gasteiger partial charge in [0, 0.05) is 29.6 Å². The number of H-pyrrole nitrogens is 2. The third-order valence-corrected chi connectivity index (χ3v) is 4.90. The topological polar surface area (TPSA) is 82.3 Å². The third kappa shape index (κ3) is 2.81. The van der Waals surface area contributed by atoms with Crippen LogP contribution in [0.1, 0.15) is 17.0 Å². The Morgan fingerprint density at radius 3 is 2.67 bits per heavy atom. The number of fused-ring (bicyclic) bond motifs is 2. The highest BCUT2D eigenvalue weighted by atomic mass is 15.1. The standard InChI is InChI=1S/C21H18N6/c1-2-6-14(7-3-1)16(17-11-22-18-9-5-4-8-15(17)18)10-23-20-19-21(25-12-24-19)27-13-26-20/h1-9,11-13,16,22H,10H2,(H2,23,24,25,26,27). The minimum atomic E-state index is 0.176. The molecule has 0 amide bonds. The maximum Gasteiger partial charge on any atom is 0.182 e. The average Bonchev–Trinajstić information content (AvgIpc) is 3.37. The Morgan fingerprint density at radius 1 is 0.889 bits per heavy atom. The van der Waals surface area contributed by atoms with Gasteiger partial charge in [-0.25, -0.2) is 15.0 Å². The molecule has 2 aromatic carbocycles. The molecular weight excluding hydrogens is 336 g/mol. The Hall–Kier alpha value is -3.67. The zero-order valence-corrected chi connectivity index (χ0v) is 14.6. The van der Waals surface area contributed by atoms with Crippen molar-refractivity contribution in [1.29, 1.82) is 0 Å². The van der Waals surface area contributed by atoms with E-state index in [1.54, 1.807) is 6.33 Å². The van der Waals surface area contributed by atoms with E-state index in [4.69, 9.17) is 0 Å². The fourth-order valence-electron chi connectivity index (χ4n) is 3.57. The van der Waals surface area contributed by atoms with Gasteiger partial charge in [-0.05, 0) is 17.2 Å². The predicted molar refractivity (Wildman–Crippen MR) is 107 cm³/mol. The van der Waals surface area contributed by atoms with Crippen molar-refractivity contribution in [2.24, 2.45) is 0 Å². The second kappa shape index (κ2) is 6.57. The number of hydrogen-bond donors (Lipinski definition) is 3. The number of aromatic nitrogens is 5. The van der Waals surface area contributed by atoms with E-state index in [-0.39, 0.29) is 5.92 Å². The number of aromatic amines is 2. The minimum absolute atomic E-state index is 0.176. The summed E-state index contributed by atoms with van der Waals surface area (Å²) in [6, 6.07) is 18.9. The molecule has 0 spiro atoms. The van der Waals surface area contributed by atoms with Gasteiger partial charge < -0.3 is 15.3 Å². The first-order chi connectivity index (χ1) is 13.4. The van der Waals surface area contributed by atoms with Crippen LogP contribution in [0, 0.1) is 0 Å². The Kier molecular flexibility index (Phi) is 3.79. The van der Waals surface area contributed by atoms with Crippen LogP contribution in [0.2, 0.25) is 0 Å². The van der Waals surface area contributed by atoms with E-state index in [9.17, 15) is 0 Å². The molecule has 0 radical (unpaired) electrons. The van der Waals surface area contributed by atoms with Gasteiger partial charge in [-0.1, -0.05) is 48.5 Å². The van der Waals surface area contributed by atoms with E-state index < -0.39 is 0 Å². The Morgan fingerprint density at radius 2 is 1.74 bits per heavy atom. The summed E-state index contributed by atoms with van der Waals surface area (Å²) in [5, 5.41) is 4.73. The first-order valence-corrected chi connectivity index (χ1v) is 8.89. The molecule has 1 unspecified atom stereocenters. The zero-order valence-electron chi connectivity index (χ0n) is 14.6. The molecular formula is C21H18N6. The molecule has 6 heteroatoms. The normalized spacial score (nSPS) is 12.4. The summed E-state index contributed by atoms with van der Waals surface area (Å²) < 4.78 is 0. The Balaban J connectivity index is 1.54. The second-order valence-corrected chi connectivity index (χ2v) is 6.46. The molecule has 3 heterocycles. The molecule has 3 N–H and O–H groups in total. The lowest BCUT2D eigenvalue weighted by Crippen LogP contribution is -2.15. The summed E-state index contributed by atoms with van der Waals surface area (Å²) >= 11 is 0. The van der Waals surface area contributed by atoms with E-state index in [0.29, 0.717) is 12.2 Å². The van der Waals surface area contributed by atoms with Crippen LogP contribution >= 0.6 is 0 Å². The molecule has 27 heavy (non-hydrogen) atoms. The molecule has 0 aliphatic carbocycles. The van der Waals surface area contributed by atoms with Gasteiger partial charge in [-0.15, -0.1) is 0 Å². The summed E-state index contributed by atoms with van der Waals surface area (Å²) in [6.07, 6.45) is 5.28. The van der Waals surface area contributed by atoms with Gasteiger partial charge in [0.2, 0.25) is 0 Å². The van der Waals surface area contributed by atoms with Crippen molar-refractivity contribution < 1.29 is 0 Å². The lowest BCUT2D eigenvalue weighted by molar-refractivity contribution is 0.856. The highest BCUT2D eigenvalue weighted by Crippen LogP contribution is 2.31. The van der Waals surface area contributed by atoms with Crippen LogP contribution in [0.5, 0.6) is 0 Å². The Labute approximate surface area is 155 Å². The molecule has 3 aromatic heterocycles. The first kappa shape index (κ1) is 15.6. The quantitative estimate of drug-likeness (QED) is 0.444. The summed E-state index contributed by atoms with van der Waals surface area (Å²) in [5.41, 5.74) is 5.15. The van der Waals surface area contributed by atoms with E-state index in [1.165, 1.54) is 22.8 Å². The second-order valence-electron chi connectivity index (χ2n) is 6.46. The van der Waals surface area contributed by atoms with Crippen molar-refractivity contribution in [2.45, 2.75) is 5.92 Å². The van der Waals surface area contributed by atoms with Gasteiger partial charge in [-0.3, -0.25) is 0 Å². The van der Waals surface area contributed by atoms with Crippen LogP contribution in [0.25, 0.3) is 22.1 Å². The van der Waals surface area contributed by atoms with E-state index >= 15 is 0 Å². The number of anilines is 1. The van der Waals surface area contributed by atoms with Crippen molar-refractivity contribution in [1.82, 2.24) is 24.9 Å². The van der Waals surface area contributed by atoms with Crippen molar-refractivity contribution in [3.8, 4) is 0 Å². The lowest BCUT2D eigenvalue weighted by Gasteiger charge is -2.18. The molecule has 132 valence electrons. The number of hydrogen-bond acceptors (Lipinski definition) is 4. The van der Waals surface area contributed by atoms with E-state index in [2.05, 4.69) is 78.9 Å². The average molecular weight is 354 g/mol. The fraction of sp³-hybridized carbons (Fsp3) is 0.0952. The number of nitrogens with zero attached hydrogens (tertiary/aromatic N) is 3. The maximum atomic E-state index is 4.39. The van der Waals surface area contributed by atoms with Gasteiger partial charge in [0.05, 0.1) is 6.33 Å². The summed E-state index contributed by atoms with van der Waals surface area (Å²) in [7, 11) is 0. The molecule has 0 saturated carbocycles. The largest absolute Gasteiger partial charge is 0.367 e. The van der Waals surface area contributed by atoms with Crippen LogP contribution in [0.15, 0.2) is 73.4 Å². The van der Waals surface area contributed by atoms with Crippen molar-refractivity contribution in [2.75, 3.05) is 11.9 Å². The smallest absolute Gasteiger partial charge is 0.182 e. The SMILES string of the molecule is c1ccc(C(CNc2ncnc3nc[nH]c23)c2c[nH]c3ccccc23)cc1. The summed E-state index contributed by atoms with van der Waals surface area (Å²) in [5.74, 6) is 0.938. The van der Waals surface area contributed by atoms with Gasteiger partial charge in [0.25, 0.3) is 0 Å². The molecule has 0 bridgehead atoms. The van der Waals surface area contributed by atoms with Crippen molar-refractivity contribution in [3.05, 3.63) is 84.6 Å². The lowest BCUT2D eigenvalue weighted by atomic mass is 9.91. The molecule has 6 nitrogen and oxygen atoms in total. The molecule has 0 fully saturated rings. The molecule has 0 saturated heterocycles. The van der Waals surface area contributed by atoms with Crippen LogP contribution in [-0.4, -0.2) is 31.5 Å². The van der Waals surface area contributed by atoms with Gasteiger partial charge in [-0.2, -0.15) is 0 Å². The summed E-state index contributed by atoms with van der Waals surface area (Å²) in [4.78, 5) is 19.3. The van der Waals surface area contributed by atoms with Crippen LogP contribution in [0.4, 0.5) is 5.82 Å². The van der Waals surface area contributed by atoms with Crippen LogP contribution in [-0.2, 0) is 0 Å². The van der Waals surface area contributed by atoms with Gasteiger partial charge >= 0.3 is 0 Å². The van der Waals surface area contributed by atoms with Gasteiger partial charge in [0.15, 0.2) is 11.5 Å².